The number of rotatable bonds is 9. The number of ether oxygens (including phenoxy) is 2. The molecule has 0 saturated heterocycles. The number of carbonyl (C=O) groups is 1. The zero-order valence-corrected chi connectivity index (χ0v) is 20.2. The van der Waals surface area contributed by atoms with Crippen LogP contribution in [0.1, 0.15) is 24.2 Å². The summed E-state index contributed by atoms with van der Waals surface area (Å²) in [4.78, 5) is 17.8. The van der Waals surface area contributed by atoms with Crippen molar-refractivity contribution < 1.29 is 22.7 Å². The first kappa shape index (κ1) is 24.1. The van der Waals surface area contributed by atoms with E-state index in [-0.39, 0.29) is 4.90 Å². The summed E-state index contributed by atoms with van der Waals surface area (Å²) in [5, 5.41) is 0. The van der Waals surface area contributed by atoms with Crippen LogP contribution < -0.4 is 9.54 Å². The Kier molecular flexibility index (Phi) is 7.83. The highest BCUT2D eigenvalue weighted by Gasteiger charge is 2.17. The summed E-state index contributed by atoms with van der Waals surface area (Å²) in [6.07, 6.45) is 0. The summed E-state index contributed by atoms with van der Waals surface area (Å²) in [5.41, 5.74) is 1.25. The van der Waals surface area contributed by atoms with Gasteiger partial charge in [-0.05, 0) is 56.3 Å². The van der Waals surface area contributed by atoms with Crippen LogP contribution in [0.2, 0.25) is 0 Å². The van der Waals surface area contributed by atoms with E-state index < -0.39 is 15.9 Å². The van der Waals surface area contributed by atoms with Crippen LogP contribution in [0.15, 0.2) is 52.4 Å². The summed E-state index contributed by atoms with van der Waals surface area (Å²) < 4.78 is 39.6. The molecule has 172 valence electrons. The number of benzene rings is 2. The van der Waals surface area contributed by atoms with E-state index in [1.807, 2.05) is 36.6 Å². The first-order chi connectivity index (χ1) is 15.3. The molecule has 0 radical (unpaired) electrons. The average molecular weight is 478 g/mol. The van der Waals surface area contributed by atoms with Crippen molar-refractivity contribution in [2.45, 2.75) is 25.3 Å². The molecular weight excluding hydrogens is 450 g/mol. The molecule has 0 aliphatic rings. The van der Waals surface area contributed by atoms with Crippen LogP contribution in [-0.2, 0) is 21.3 Å². The number of nitrogens with zero attached hydrogens (tertiary/aromatic N) is 3. The quantitative estimate of drug-likeness (QED) is 0.442. The van der Waals surface area contributed by atoms with Crippen molar-refractivity contribution in [1.82, 2.24) is 8.87 Å². The maximum atomic E-state index is 12.8. The second kappa shape index (κ2) is 10.4. The molecule has 0 atom stereocenters. The second-order valence-corrected chi connectivity index (χ2v) is 10.2. The lowest BCUT2D eigenvalue weighted by molar-refractivity contribution is 0.0996. The number of amides is 1. The number of sulfonamides is 1. The highest BCUT2D eigenvalue weighted by molar-refractivity contribution is 7.89. The van der Waals surface area contributed by atoms with Gasteiger partial charge in [-0.3, -0.25) is 4.79 Å². The fourth-order valence-corrected chi connectivity index (χ4v) is 5.03. The third-order valence-corrected chi connectivity index (χ3v) is 7.58. The minimum atomic E-state index is -3.56. The first-order valence-corrected chi connectivity index (χ1v) is 12.5. The average Bonchev–Trinajstić information content (AvgIpc) is 3.10. The van der Waals surface area contributed by atoms with Crippen molar-refractivity contribution in [2.24, 2.45) is 4.99 Å². The largest absolute Gasteiger partial charge is 0.494 e. The Labute approximate surface area is 191 Å². The standard InChI is InChI=1S/C22H27N3O5S2/c1-5-29-14-13-25-19-12-9-17(30-6-2)15-20(19)31-22(25)23-21(26)16-7-10-18(11-8-16)32(27,28)24(3)4/h7-12,15H,5-6,13-14H2,1-4H3. The van der Waals surface area contributed by atoms with E-state index in [0.29, 0.717) is 36.7 Å². The van der Waals surface area contributed by atoms with Crippen LogP contribution in [0.5, 0.6) is 5.75 Å². The highest BCUT2D eigenvalue weighted by Crippen LogP contribution is 2.23. The molecule has 2 aromatic carbocycles. The van der Waals surface area contributed by atoms with Gasteiger partial charge in [0.1, 0.15) is 5.75 Å². The monoisotopic (exact) mass is 477 g/mol. The fourth-order valence-electron chi connectivity index (χ4n) is 3.04. The summed E-state index contributed by atoms with van der Waals surface area (Å²) in [6.45, 7) is 6.07. The molecule has 3 aromatic rings. The van der Waals surface area contributed by atoms with E-state index in [0.717, 1.165) is 20.3 Å². The van der Waals surface area contributed by atoms with Gasteiger partial charge >= 0.3 is 0 Å². The molecule has 3 rings (SSSR count). The summed E-state index contributed by atoms with van der Waals surface area (Å²) in [5.74, 6) is 0.314. The van der Waals surface area contributed by atoms with Crippen LogP contribution in [-0.4, -0.2) is 57.1 Å². The molecule has 1 heterocycles. The number of hydrogen-bond donors (Lipinski definition) is 0. The van der Waals surface area contributed by atoms with Gasteiger partial charge in [0.15, 0.2) is 4.80 Å². The van der Waals surface area contributed by atoms with E-state index in [1.54, 1.807) is 0 Å². The Morgan fingerprint density at radius 2 is 1.81 bits per heavy atom. The van der Waals surface area contributed by atoms with Gasteiger partial charge in [0, 0.05) is 32.8 Å². The van der Waals surface area contributed by atoms with Crippen LogP contribution in [0.25, 0.3) is 10.2 Å². The second-order valence-electron chi connectivity index (χ2n) is 7.02. The van der Waals surface area contributed by atoms with Gasteiger partial charge in [-0.2, -0.15) is 4.99 Å². The molecule has 0 fully saturated rings. The van der Waals surface area contributed by atoms with Crippen molar-refractivity contribution >= 4 is 37.5 Å². The minimum absolute atomic E-state index is 0.121. The molecule has 1 aromatic heterocycles. The maximum Gasteiger partial charge on any atom is 0.279 e. The summed E-state index contributed by atoms with van der Waals surface area (Å²) >= 11 is 1.39. The van der Waals surface area contributed by atoms with Gasteiger partial charge in [-0.15, -0.1) is 0 Å². The highest BCUT2D eigenvalue weighted by atomic mass is 32.2. The van der Waals surface area contributed by atoms with Crippen molar-refractivity contribution in [3.63, 3.8) is 0 Å². The normalized spacial score (nSPS) is 12.6. The predicted molar refractivity (Wildman–Crippen MR) is 125 cm³/mol. The fraction of sp³-hybridized carbons (Fsp3) is 0.364. The van der Waals surface area contributed by atoms with Gasteiger partial charge in [0.05, 0.1) is 28.3 Å². The molecule has 0 N–H and O–H groups in total. The molecule has 0 unspecified atom stereocenters. The third-order valence-electron chi connectivity index (χ3n) is 4.71. The van der Waals surface area contributed by atoms with E-state index in [4.69, 9.17) is 9.47 Å². The van der Waals surface area contributed by atoms with E-state index in [2.05, 4.69) is 4.99 Å². The van der Waals surface area contributed by atoms with Crippen molar-refractivity contribution in [3.8, 4) is 5.75 Å². The van der Waals surface area contributed by atoms with E-state index >= 15 is 0 Å². The number of aromatic nitrogens is 1. The van der Waals surface area contributed by atoms with Crippen LogP contribution in [0.3, 0.4) is 0 Å². The zero-order chi connectivity index (χ0) is 23.3. The Hall–Kier alpha value is -2.53. The Morgan fingerprint density at radius 3 is 2.44 bits per heavy atom. The Bertz CT molecular complexity index is 1260. The Balaban J connectivity index is 2.00. The Morgan fingerprint density at radius 1 is 1.09 bits per heavy atom. The lowest BCUT2D eigenvalue weighted by atomic mass is 10.2. The van der Waals surface area contributed by atoms with Crippen LogP contribution >= 0.6 is 11.3 Å². The first-order valence-electron chi connectivity index (χ1n) is 10.2. The topological polar surface area (TPSA) is 90.2 Å². The van der Waals surface area contributed by atoms with Gasteiger partial charge in [-0.1, -0.05) is 11.3 Å². The van der Waals surface area contributed by atoms with Gasteiger partial charge < -0.3 is 14.0 Å². The number of hydrogen-bond acceptors (Lipinski definition) is 6. The maximum absolute atomic E-state index is 12.8. The summed E-state index contributed by atoms with van der Waals surface area (Å²) in [7, 11) is -0.637. The van der Waals surface area contributed by atoms with Gasteiger partial charge in [0.2, 0.25) is 10.0 Å². The van der Waals surface area contributed by atoms with Gasteiger partial charge in [-0.25, -0.2) is 12.7 Å². The molecule has 0 bridgehead atoms. The van der Waals surface area contributed by atoms with Gasteiger partial charge in [0.25, 0.3) is 5.91 Å². The molecule has 0 aliphatic carbocycles. The molecule has 0 saturated carbocycles. The van der Waals surface area contributed by atoms with E-state index in [1.165, 1.54) is 49.7 Å². The van der Waals surface area contributed by atoms with Crippen molar-refractivity contribution in [1.29, 1.82) is 0 Å². The van der Waals surface area contributed by atoms with Crippen molar-refractivity contribution in [2.75, 3.05) is 33.9 Å². The predicted octanol–water partition coefficient (Wildman–Crippen LogP) is 3.13. The number of thiazole rings is 1. The lowest BCUT2D eigenvalue weighted by Crippen LogP contribution is -2.22. The minimum Gasteiger partial charge on any atom is -0.494 e. The molecular formula is C22H27N3O5S2. The lowest BCUT2D eigenvalue weighted by Gasteiger charge is -2.11. The van der Waals surface area contributed by atoms with Crippen LogP contribution in [0, 0.1) is 0 Å². The molecule has 10 heteroatoms. The number of fused-ring (bicyclic) bond motifs is 1. The molecule has 8 nitrogen and oxygen atoms in total. The molecule has 1 amide bonds. The molecule has 0 spiro atoms. The third kappa shape index (κ3) is 5.26. The molecule has 32 heavy (non-hydrogen) atoms. The van der Waals surface area contributed by atoms with E-state index in [9.17, 15) is 13.2 Å². The number of carbonyl (C=O) groups excluding carboxylic acids is 1. The van der Waals surface area contributed by atoms with Crippen LogP contribution in [0.4, 0.5) is 0 Å². The zero-order valence-electron chi connectivity index (χ0n) is 18.6. The smallest absolute Gasteiger partial charge is 0.279 e. The summed E-state index contributed by atoms with van der Waals surface area (Å²) in [6, 6.07) is 11.6. The molecule has 0 aliphatic heterocycles. The SMILES string of the molecule is CCOCCn1c(=NC(=O)c2ccc(S(=O)(=O)N(C)C)cc2)sc2cc(OCC)ccc21. The van der Waals surface area contributed by atoms with Crippen molar-refractivity contribution in [3.05, 3.63) is 52.8 Å².